The van der Waals surface area contributed by atoms with E-state index >= 15 is 0 Å². The average Bonchev–Trinajstić information content (AvgIpc) is 2.26. The van der Waals surface area contributed by atoms with Gasteiger partial charge >= 0.3 is 5.97 Å². The molecule has 0 aromatic heterocycles. The summed E-state index contributed by atoms with van der Waals surface area (Å²) in [4.78, 5) is 22.7. The maximum atomic E-state index is 11.5. The quantitative estimate of drug-likeness (QED) is 0.580. The van der Waals surface area contributed by atoms with Crippen molar-refractivity contribution in [3.8, 4) is 0 Å². The number of allylic oxidation sites excluding steroid dienone is 2. The summed E-state index contributed by atoms with van der Waals surface area (Å²) in [5.41, 5.74) is -0.598. The second kappa shape index (κ2) is 5.13. The topological polar surface area (TPSA) is 43.4 Å². The van der Waals surface area contributed by atoms with Gasteiger partial charge in [0.15, 0.2) is 5.78 Å². The van der Waals surface area contributed by atoms with Crippen LogP contribution >= 0.6 is 15.9 Å². The van der Waals surface area contributed by atoms with Gasteiger partial charge in [-0.1, -0.05) is 22.0 Å². The second-order valence-electron chi connectivity index (χ2n) is 4.68. The molecule has 0 heterocycles. The van der Waals surface area contributed by atoms with Gasteiger partial charge in [0.25, 0.3) is 0 Å². The Bertz CT molecular complexity index is 320. The Hall–Kier alpha value is -0.640. The van der Waals surface area contributed by atoms with E-state index in [1.165, 1.54) is 6.92 Å². The summed E-state index contributed by atoms with van der Waals surface area (Å²) in [6, 6.07) is 0. The molecule has 0 radical (unpaired) electrons. The molecule has 0 amide bonds. The number of hydrogen-bond donors (Lipinski definition) is 0. The van der Waals surface area contributed by atoms with Gasteiger partial charge in [-0.2, -0.15) is 0 Å². The van der Waals surface area contributed by atoms with Crippen LogP contribution in [0.3, 0.4) is 0 Å². The Labute approximate surface area is 104 Å². The molecule has 90 valence electrons. The van der Waals surface area contributed by atoms with Gasteiger partial charge in [-0.3, -0.25) is 9.59 Å². The zero-order chi connectivity index (χ0) is 12.3. The third-order valence-corrected chi connectivity index (χ3v) is 3.52. The summed E-state index contributed by atoms with van der Waals surface area (Å²) in [6.45, 7) is 5.11. The van der Waals surface area contributed by atoms with Crippen molar-refractivity contribution in [1.29, 1.82) is 0 Å². The van der Waals surface area contributed by atoms with Crippen molar-refractivity contribution in [3.63, 3.8) is 0 Å². The van der Waals surface area contributed by atoms with Crippen LogP contribution in [0.25, 0.3) is 0 Å². The molecule has 0 saturated heterocycles. The minimum Gasteiger partial charge on any atom is -0.460 e. The van der Waals surface area contributed by atoms with Crippen LogP contribution in [0.15, 0.2) is 12.2 Å². The number of halogens is 1. The first kappa shape index (κ1) is 13.4. The summed E-state index contributed by atoms with van der Waals surface area (Å²) >= 11 is 3.49. The van der Waals surface area contributed by atoms with Crippen LogP contribution in [0.2, 0.25) is 0 Å². The van der Waals surface area contributed by atoms with Crippen molar-refractivity contribution in [2.45, 2.75) is 44.0 Å². The van der Waals surface area contributed by atoms with Gasteiger partial charge in [-0.05, 0) is 26.3 Å². The molecule has 2 unspecified atom stereocenters. The van der Waals surface area contributed by atoms with Crippen LogP contribution < -0.4 is 0 Å². The highest BCUT2D eigenvalue weighted by Gasteiger charge is 2.35. The lowest BCUT2D eigenvalue weighted by Crippen LogP contribution is -2.37. The molecule has 0 spiro atoms. The molecule has 0 aliphatic heterocycles. The SMILES string of the molecule is CC(=O)OC(C)(C)C1CC(=O)C=CC(Br)C1. The molecule has 0 N–H and O–H groups in total. The second-order valence-corrected chi connectivity index (χ2v) is 5.85. The van der Waals surface area contributed by atoms with Gasteiger partial charge in [-0.25, -0.2) is 0 Å². The zero-order valence-corrected chi connectivity index (χ0v) is 11.4. The van der Waals surface area contributed by atoms with Gasteiger partial charge in [0.2, 0.25) is 0 Å². The lowest BCUT2D eigenvalue weighted by Gasteiger charge is -2.33. The number of ether oxygens (including phenoxy) is 1. The van der Waals surface area contributed by atoms with Crippen molar-refractivity contribution < 1.29 is 14.3 Å². The molecular weight excluding hydrogens is 272 g/mol. The van der Waals surface area contributed by atoms with Gasteiger partial charge < -0.3 is 4.74 Å². The Morgan fingerprint density at radius 2 is 2.19 bits per heavy atom. The smallest absolute Gasteiger partial charge is 0.303 e. The minimum atomic E-state index is -0.598. The molecule has 2 atom stereocenters. The molecule has 0 aromatic rings. The van der Waals surface area contributed by atoms with Crippen molar-refractivity contribution in [1.82, 2.24) is 0 Å². The van der Waals surface area contributed by atoms with E-state index < -0.39 is 5.60 Å². The standard InChI is InChI=1S/C12H17BrO3/c1-8(14)16-12(2,3)9-6-10(13)4-5-11(15)7-9/h4-5,9-10H,6-7H2,1-3H3. The van der Waals surface area contributed by atoms with Gasteiger partial charge in [0, 0.05) is 24.1 Å². The monoisotopic (exact) mass is 288 g/mol. The molecule has 3 nitrogen and oxygen atoms in total. The molecule has 0 bridgehead atoms. The van der Waals surface area contributed by atoms with Crippen molar-refractivity contribution in [2.75, 3.05) is 0 Å². The number of rotatable bonds is 2. The van der Waals surface area contributed by atoms with Crippen LogP contribution in [0.4, 0.5) is 0 Å². The maximum absolute atomic E-state index is 11.5. The van der Waals surface area contributed by atoms with Gasteiger partial charge in [0.05, 0.1) is 0 Å². The predicted molar refractivity (Wildman–Crippen MR) is 65.4 cm³/mol. The number of carbonyl (C=O) groups is 2. The molecule has 4 heteroatoms. The Balaban J connectivity index is 2.78. The fourth-order valence-electron chi connectivity index (χ4n) is 1.94. The maximum Gasteiger partial charge on any atom is 0.303 e. The predicted octanol–water partition coefficient (Wildman–Crippen LogP) is 2.63. The molecular formula is C12H17BrO3. The molecule has 1 aliphatic carbocycles. The summed E-state index contributed by atoms with van der Waals surface area (Å²) < 4.78 is 5.29. The fourth-order valence-corrected chi connectivity index (χ4v) is 2.54. The van der Waals surface area contributed by atoms with Crippen LogP contribution in [-0.2, 0) is 14.3 Å². The van der Waals surface area contributed by atoms with E-state index in [0.717, 1.165) is 6.42 Å². The van der Waals surface area contributed by atoms with Crippen LogP contribution in [0, 0.1) is 5.92 Å². The normalized spacial score (nSPS) is 26.4. The Kier molecular flexibility index (Phi) is 4.30. The highest BCUT2D eigenvalue weighted by Crippen LogP contribution is 2.33. The molecule has 1 aliphatic rings. The number of alkyl halides is 1. The Morgan fingerprint density at radius 3 is 2.75 bits per heavy atom. The van der Waals surface area contributed by atoms with Gasteiger partial charge in [0.1, 0.15) is 5.60 Å². The van der Waals surface area contributed by atoms with E-state index in [0.29, 0.717) is 6.42 Å². The molecule has 0 aromatic carbocycles. The van der Waals surface area contributed by atoms with Crippen LogP contribution in [-0.4, -0.2) is 22.2 Å². The summed E-state index contributed by atoms with van der Waals surface area (Å²) in [6.07, 6.45) is 4.68. The number of hydrogen-bond acceptors (Lipinski definition) is 3. The Morgan fingerprint density at radius 1 is 1.56 bits per heavy atom. The largest absolute Gasteiger partial charge is 0.460 e. The number of carbonyl (C=O) groups excluding carboxylic acids is 2. The van der Waals surface area contributed by atoms with E-state index in [2.05, 4.69) is 15.9 Å². The minimum absolute atomic E-state index is 0.0447. The summed E-state index contributed by atoms with van der Waals surface area (Å²) in [5.74, 6) is -0.170. The van der Waals surface area contributed by atoms with E-state index in [1.54, 1.807) is 6.08 Å². The van der Waals surface area contributed by atoms with Crippen molar-refractivity contribution >= 4 is 27.7 Å². The first-order valence-electron chi connectivity index (χ1n) is 5.36. The summed E-state index contributed by atoms with van der Waals surface area (Å²) in [7, 11) is 0. The van der Waals surface area contributed by atoms with Crippen LogP contribution in [0.5, 0.6) is 0 Å². The average molecular weight is 289 g/mol. The first-order chi connectivity index (χ1) is 7.31. The lowest BCUT2D eigenvalue weighted by molar-refractivity contribution is -0.160. The van der Waals surface area contributed by atoms with E-state index in [1.807, 2.05) is 19.9 Å². The number of ketones is 1. The first-order valence-corrected chi connectivity index (χ1v) is 6.27. The van der Waals surface area contributed by atoms with E-state index in [4.69, 9.17) is 4.74 Å². The third-order valence-electron chi connectivity index (χ3n) is 2.84. The van der Waals surface area contributed by atoms with E-state index in [-0.39, 0.29) is 22.5 Å². The van der Waals surface area contributed by atoms with E-state index in [9.17, 15) is 9.59 Å². The van der Waals surface area contributed by atoms with Crippen LogP contribution in [0.1, 0.15) is 33.6 Å². The molecule has 1 rings (SSSR count). The zero-order valence-electron chi connectivity index (χ0n) is 9.83. The molecule has 16 heavy (non-hydrogen) atoms. The molecule has 0 fully saturated rings. The third kappa shape index (κ3) is 3.74. The van der Waals surface area contributed by atoms with Gasteiger partial charge in [-0.15, -0.1) is 0 Å². The summed E-state index contributed by atoms with van der Waals surface area (Å²) in [5, 5.41) is 0. The molecule has 0 saturated carbocycles. The highest BCUT2D eigenvalue weighted by atomic mass is 79.9. The highest BCUT2D eigenvalue weighted by molar-refractivity contribution is 9.09. The number of esters is 1. The fraction of sp³-hybridized carbons (Fsp3) is 0.667. The lowest BCUT2D eigenvalue weighted by atomic mass is 9.84. The van der Waals surface area contributed by atoms with Crippen molar-refractivity contribution in [3.05, 3.63) is 12.2 Å². The van der Waals surface area contributed by atoms with Crippen molar-refractivity contribution in [2.24, 2.45) is 5.92 Å².